The van der Waals surface area contributed by atoms with Crippen LogP contribution < -0.4 is 0 Å². The van der Waals surface area contributed by atoms with Crippen LogP contribution in [0.3, 0.4) is 0 Å². The summed E-state index contributed by atoms with van der Waals surface area (Å²) in [5, 5.41) is 0. The molecule has 0 spiro atoms. The van der Waals surface area contributed by atoms with Gasteiger partial charge in [-0.1, -0.05) is 71.9 Å². The molecule has 0 N–H and O–H groups in total. The molecule has 0 atom stereocenters. The van der Waals surface area contributed by atoms with Crippen LogP contribution in [-0.2, 0) is 13.1 Å². The topological polar surface area (TPSA) is 6.48 Å². The van der Waals surface area contributed by atoms with Crippen LogP contribution in [0, 0.1) is 0 Å². The molecule has 0 unspecified atom stereocenters. The molecular formula is C16H18ClN2P. The quantitative estimate of drug-likeness (QED) is 0.769. The Bertz CT molecular complexity index is 485. The van der Waals surface area contributed by atoms with E-state index in [2.05, 4.69) is 70.0 Å². The maximum atomic E-state index is 6.66. The summed E-state index contributed by atoms with van der Waals surface area (Å²) < 4.78 is 4.77. The SMILES string of the molecule is ClP1N(Cc2ccccc2)CCN1Cc1ccccc1. The standard InChI is InChI=1S/C16H18ClN2P/c17-20-18(13-15-7-3-1-4-8-15)11-12-19(20)14-16-9-5-2-6-10-16/h1-10H,11-14H2. The molecule has 0 aromatic heterocycles. The van der Waals surface area contributed by atoms with Gasteiger partial charge in [-0.15, -0.1) is 0 Å². The fourth-order valence-corrected chi connectivity index (χ4v) is 4.64. The van der Waals surface area contributed by atoms with Gasteiger partial charge in [-0.3, -0.25) is 9.34 Å². The van der Waals surface area contributed by atoms with Gasteiger partial charge in [-0.25, -0.2) is 0 Å². The summed E-state index contributed by atoms with van der Waals surface area (Å²) in [5.74, 6) is 0. The van der Waals surface area contributed by atoms with E-state index in [0.29, 0.717) is 0 Å². The van der Waals surface area contributed by atoms with Gasteiger partial charge < -0.3 is 0 Å². The molecule has 0 radical (unpaired) electrons. The van der Waals surface area contributed by atoms with E-state index >= 15 is 0 Å². The van der Waals surface area contributed by atoms with Crippen LogP contribution in [0.1, 0.15) is 11.1 Å². The fourth-order valence-electron chi connectivity index (χ4n) is 2.44. The lowest BCUT2D eigenvalue weighted by Gasteiger charge is -2.24. The summed E-state index contributed by atoms with van der Waals surface area (Å²) in [6, 6.07) is 21.1. The minimum absolute atomic E-state index is 0.700. The van der Waals surface area contributed by atoms with E-state index in [-0.39, 0.29) is 0 Å². The molecule has 0 bridgehead atoms. The van der Waals surface area contributed by atoms with Crippen LogP contribution in [0.25, 0.3) is 0 Å². The summed E-state index contributed by atoms with van der Waals surface area (Å²) in [6.45, 7) is 4.00. The first-order valence-electron chi connectivity index (χ1n) is 6.86. The van der Waals surface area contributed by atoms with Crippen LogP contribution >= 0.6 is 18.8 Å². The highest BCUT2D eigenvalue weighted by Gasteiger charge is 2.30. The second kappa shape index (κ2) is 6.69. The molecule has 2 nitrogen and oxygen atoms in total. The minimum Gasteiger partial charge on any atom is -0.252 e. The average Bonchev–Trinajstić information content (AvgIpc) is 2.83. The third-order valence-corrected chi connectivity index (χ3v) is 6.40. The third kappa shape index (κ3) is 3.39. The lowest BCUT2D eigenvalue weighted by Crippen LogP contribution is -2.12. The maximum absolute atomic E-state index is 6.66. The van der Waals surface area contributed by atoms with Crippen LogP contribution in [0.4, 0.5) is 0 Å². The van der Waals surface area contributed by atoms with Gasteiger partial charge in [0, 0.05) is 26.2 Å². The summed E-state index contributed by atoms with van der Waals surface area (Å²) in [4.78, 5) is 0. The molecule has 1 aliphatic heterocycles. The first-order chi connectivity index (χ1) is 9.83. The molecule has 2 aromatic rings. The van der Waals surface area contributed by atoms with Crippen LogP contribution in [0.5, 0.6) is 0 Å². The number of hydrogen-bond donors (Lipinski definition) is 0. The zero-order valence-corrected chi connectivity index (χ0v) is 13.0. The Morgan fingerprint density at radius 3 is 1.55 bits per heavy atom. The molecule has 2 aromatic carbocycles. The molecule has 1 heterocycles. The van der Waals surface area contributed by atoms with Crippen molar-refractivity contribution < 1.29 is 0 Å². The van der Waals surface area contributed by atoms with E-state index in [1.807, 2.05) is 0 Å². The summed E-state index contributed by atoms with van der Waals surface area (Å²) in [6.07, 6.45) is 0. The number of hydrogen-bond acceptors (Lipinski definition) is 2. The molecule has 4 heteroatoms. The molecular weight excluding hydrogens is 287 g/mol. The van der Waals surface area contributed by atoms with Crippen molar-refractivity contribution in [3.05, 3.63) is 71.8 Å². The molecule has 1 aliphatic rings. The Kier molecular flexibility index (Phi) is 4.69. The van der Waals surface area contributed by atoms with Gasteiger partial charge in [-0.2, -0.15) is 0 Å². The van der Waals surface area contributed by atoms with E-state index < -0.39 is 7.58 Å². The molecule has 0 aliphatic carbocycles. The van der Waals surface area contributed by atoms with Crippen LogP contribution in [0.2, 0.25) is 0 Å². The van der Waals surface area contributed by atoms with Gasteiger partial charge in [0.15, 0.2) is 0 Å². The number of halogens is 1. The monoisotopic (exact) mass is 304 g/mol. The molecule has 3 rings (SSSR count). The van der Waals surface area contributed by atoms with Crippen molar-refractivity contribution in [2.75, 3.05) is 13.1 Å². The van der Waals surface area contributed by atoms with Crippen LogP contribution in [-0.4, -0.2) is 22.4 Å². The van der Waals surface area contributed by atoms with Crippen molar-refractivity contribution in [1.29, 1.82) is 0 Å². The van der Waals surface area contributed by atoms with Gasteiger partial charge in [0.1, 0.15) is 7.58 Å². The Labute approximate surface area is 126 Å². The maximum Gasteiger partial charge on any atom is 0.141 e. The lowest BCUT2D eigenvalue weighted by molar-refractivity contribution is 0.458. The Balaban J connectivity index is 1.61. The first kappa shape index (κ1) is 14.0. The predicted molar refractivity (Wildman–Crippen MR) is 86.5 cm³/mol. The minimum atomic E-state index is -0.700. The van der Waals surface area contributed by atoms with E-state index in [9.17, 15) is 0 Å². The zero-order chi connectivity index (χ0) is 13.8. The van der Waals surface area contributed by atoms with E-state index in [4.69, 9.17) is 11.2 Å². The van der Waals surface area contributed by atoms with Gasteiger partial charge in [-0.05, 0) is 11.1 Å². The highest BCUT2D eigenvalue weighted by Crippen LogP contribution is 2.54. The number of nitrogens with zero attached hydrogens (tertiary/aromatic N) is 2. The zero-order valence-electron chi connectivity index (χ0n) is 11.3. The van der Waals surface area contributed by atoms with Crippen molar-refractivity contribution >= 4 is 18.8 Å². The third-order valence-electron chi connectivity index (χ3n) is 3.50. The van der Waals surface area contributed by atoms with Gasteiger partial charge in [0.05, 0.1) is 0 Å². The Morgan fingerprint density at radius 2 is 1.15 bits per heavy atom. The molecule has 104 valence electrons. The molecule has 0 saturated carbocycles. The van der Waals surface area contributed by atoms with Gasteiger partial charge in [0.2, 0.25) is 0 Å². The molecule has 1 saturated heterocycles. The normalized spacial score (nSPS) is 17.6. The highest BCUT2D eigenvalue weighted by atomic mass is 35.7. The Morgan fingerprint density at radius 1 is 0.750 bits per heavy atom. The van der Waals surface area contributed by atoms with E-state index in [1.54, 1.807) is 0 Å². The van der Waals surface area contributed by atoms with Crippen molar-refractivity contribution in [1.82, 2.24) is 9.34 Å². The first-order valence-corrected chi connectivity index (χ1v) is 9.01. The van der Waals surface area contributed by atoms with Crippen molar-refractivity contribution in [3.63, 3.8) is 0 Å². The summed E-state index contributed by atoms with van der Waals surface area (Å²) in [5.41, 5.74) is 2.67. The summed E-state index contributed by atoms with van der Waals surface area (Å²) in [7, 11) is -0.700. The largest absolute Gasteiger partial charge is 0.252 e. The van der Waals surface area contributed by atoms with Gasteiger partial charge in [0.25, 0.3) is 0 Å². The second-order valence-electron chi connectivity index (χ2n) is 4.99. The number of benzene rings is 2. The highest BCUT2D eigenvalue weighted by molar-refractivity contribution is 7.80. The predicted octanol–water partition coefficient (Wildman–Crippen LogP) is 4.47. The number of rotatable bonds is 4. The molecule has 0 amide bonds. The van der Waals surface area contributed by atoms with Crippen molar-refractivity contribution in [3.8, 4) is 0 Å². The molecule has 20 heavy (non-hydrogen) atoms. The van der Waals surface area contributed by atoms with Crippen LogP contribution in [0.15, 0.2) is 60.7 Å². The fraction of sp³-hybridized carbons (Fsp3) is 0.250. The van der Waals surface area contributed by atoms with Gasteiger partial charge >= 0.3 is 0 Å². The van der Waals surface area contributed by atoms with E-state index in [1.165, 1.54) is 11.1 Å². The summed E-state index contributed by atoms with van der Waals surface area (Å²) >= 11 is 6.66. The Hall–Kier alpha value is -0.920. The second-order valence-corrected chi connectivity index (χ2v) is 7.51. The van der Waals surface area contributed by atoms with Crippen molar-refractivity contribution in [2.45, 2.75) is 13.1 Å². The average molecular weight is 305 g/mol. The molecule has 1 fully saturated rings. The smallest absolute Gasteiger partial charge is 0.141 e. The van der Waals surface area contributed by atoms with E-state index in [0.717, 1.165) is 26.2 Å². The van der Waals surface area contributed by atoms with Crippen molar-refractivity contribution in [2.24, 2.45) is 0 Å². The lowest BCUT2D eigenvalue weighted by atomic mass is 10.2.